The van der Waals surface area contributed by atoms with E-state index in [1.54, 1.807) is 12.4 Å². The molecule has 3 rings (SSSR count). The first-order valence-corrected chi connectivity index (χ1v) is 7.00. The van der Waals surface area contributed by atoms with Crippen LogP contribution in [0.25, 0.3) is 0 Å². The van der Waals surface area contributed by atoms with E-state index in [4.69, 9.17) is 0 Å². The lowest BCUT2D eigenvalue weighted by Gasteiger charge is -2.22. The van der Waals surface area contributed by atoms with Gasteiger partial charge in [-0.05, 0) is 18.6 Å². The number of hydrogen-bond donors (Lipinski definition) is 1. The maximum atomic E-state index is 12.2. The second-order valence-electron chi connectivity index (χ2n) is 5.09. The van der Waals surface area contributed by atoms with Gasteiger partial charge >= 0.3 is 0 Å². The Morgan fingerprint density at radius 2 is 2.30 bits per heavy atom. The maximum Gasteiger partial charge on any atom is 0.223 e. The van der Waals surface area contributed by atoms with Gasteiger partial charge in [0.1, 0.15) is 5.82 Å². The fourth-order valence-corrected chi connectivity index (χ4v) is 2.58. The lowest BCUT2D eigenvalue weighted by molar-refractivity contribution is -0.125. The van der Waals surface area contributed by atoms with Crippen molar-refractivity contribution in [1.82, 2.24) is 19.9 Å². The first-order chi connectivity index (χ1) is 9.83. The van der Waals surface area contributed by atoms with Crippen LogP contribution in [0, 0.1) is 5.92 Å². The highest BCUT2D eigenvalue weighted by molar-refractivity contribution is 5.78. The van der Waals surface area contributed by atoms with Gasteiger partial charge in [-0.3, -0.25) is 9.78 Å². The zero-order valence-electron chi connectivity index (χ0n) is 11.3. The van der Waals surface area contributed by atoms with Gasteiger partial charge in [0.25, 0.3) is 0 Å². The van der Waals surface area contributed by atoms with Crippen LogP contribution in [0.5, 0.6) is 0 Å². The summed E-state index contributed by atoms with van der Waals surface area (Å²) in [5.41, 5.74) is 1.01. The van der Waals surface area contributed by atoms with E-state index in [0.717, 1.165) is 37.3 Å². The van der Waals surface area contributed by atoms with Crippen molar-refractivity contribution in [2.75, 3.05) is 6.54 Å². The molecule has 1 aliphatic rings. The predicted octanol–water partition coefficient (Wildman–Crippen LogP) is 1.20. The molecule has 3 heterocycles. The molecule has 0 radical (unpaired) electrons. The number of amides is 1. The number of pyridine rings is 1. The number of carbonyl (C=O) groups excluding carboxylic acids is 1. The average molecular weight is 270 g/mol. The number of rotatable bonds is 4. The second-order valence-corrected chi connectivity index (χ2v) is 5.09. The third-order valence-corrected chi connectivity index (χ3v) is 3.73. The number of imidazole rings is 1. The molecule has 2 aromatic heterocycles. The van der Waals surface area contributed by atoms with Crippen LogP contribution in [0.3, 0.4) is 0 Å². The molecular weight excluding hydrogens is 252 g/mol. The molecule has 20 heavy (non-hydrogen) atoms. The Morgan fingerprint density at radius 1 is 1.35 bits per heavy atom. The van der Waals surface area contributed by atoms with Crippen molar-refractivity contribution in [3.63, 3.8) is 0 Å². The predicted molar refractivity (Wildman–Crippen MR) is 75.0 cm³/mol. The van der Waals surface area contributed by atoms with Crippen LogP contribution in [-0.4, -0.2) is 27.0 Å². The molecule has 0 saturated carbocycles. The van der Waals surface area contributed by atoms with Crippen LogP contribution in [0.1, 0.15) is 17.9 Å². The number of nitrogens with one attached hydrogen (secondary N) is 1. The molecule has 1 unspecified atom stereocenters. The summed E-state index contributed by atoms with van der Waals surface area (Å²) in [7, 11) is 0. The summed E-state index contributed by atoms with van der Waals surface area (Å²) in [6.45, 7) is 1.52. The molecule has 1 atom stereocenters. The third kappa shape index (κ3) is 2.87. The molecule has 0 bridgehead atoms. The Morgan fingerprint density at radius 3 is 3.15 bits per heavy atom. The SMILES string of the molecule is O=C(NCCc1ccccn1)C1CCn2ccnc2C1. The maximum absolute atomic E-state index is 12.2. The fourth-order valence-electron chi connectivity index (χ4n) is 2.58. The van der Waals surface area contributed by atoms with Crippen molar-refractivity contribution < 1.29 is 4.79 Å². The van der Waals surface area contributed by atoms with E-state index >= 15 is 0 Å². The number of aromatic nitrogens is 3. The highest BCUT2D eigenvalue weighted by Crippen LogP contribution is 2.18. The van der Waals surface area contributed by atoms with Gasteiger partial charge in [-0.15, -0.1) is 0 Å². The van der Waals surface area contributed by atoms with Crippen LogP contribution < -0.4 is 5.32 Å². The molecule has 0 aromatic carbocycles. The lowest BCUT2D eigenvalue weighted by atomic mass is 9.97. The molecular formula is C15H18N4O. The van der Waals surface area contributed by atoms with Crippen molar-refractivity contribution >= 4 is 5.91 Å². The zero-order chi connectivity index (χ0) is 13.8. The molecule has 104 valence electrons. The van der Waals surface area contributed by atoms with Crippen LogP contribution >= 0.6 is 0 Å². The Kier molecular flexibility index (Phi) is 3.76. The van der Waals surface area contributed by atoms with Gasteiger partial charge in [-0.25, -0.2) is 4.98 Å². The summed E-state index contributed by atoms with van der Waals surface area (Å²) in [5.74, 6) is 1.20. The largest absolute Gasteiger partial charge is 0.355 e. The van der Waals surface area contributed by atoms with Gasteiger partial charge in [-0.2, -0.15) is 0 Å². The monoisotopic (exact) mass is 270 g/mol. The van der Waals surface area contributed by atoms with Crippen LogP contribution in [0.15, 0.2) is 36.8 Å². The Balaban J connectivity index is 1.48. The van der Waals surface area contributed by atoms with E-state index in [1.165, 1.54) is 0 Å². The molecule has 0 spiro atoms. The van der Waals surface area contributed by atoms with Crippen molar-refractivity contribution in [3.8, 4) is 0 Å². The van der Waals surface area contributed by atoms with E-state index < -0.39 is 0 Å². The second kappa shape index (κ2) is 5.86. The average Bonchev–Trinajstić information content (AvgIpc) is 2.95. The molecule has 5 nitrogen and oxygen atoms in total. The molecule has 1 amide bonds. The lowest BCUT2D eigenvalue weighted by Crippen LogP contribution is -2.36. The summed E-state index contributed by atoms with van der Waals surface area (Å²) in [6, 6.07) is 5.83. The number of carbonyl (C=O) groups is 1. The Hall–Kier alpha value is -2.17. The molecule has 0 saturated heterocycles. The minimum Gasteiger partial charge on any atom is -0.355 e. The zero-order valence-corrected chi connectivity index (χ0v) is 11.3. The minimum atomic E-state index is 0.0497. The molecule has 0 fully saturated rings. The number of hydrogen-bond acceptors (Lipinski definition) is 3. The number of aryl methyl sites for hydroxylation is 1. The van der Waals surface area contributed by atoms with Gasteiger partial charge < -0.3 is 9.88 Å². The molecule has 2 aromatic rings. The van der Waals surface area contributed by atoms with E-state index in [2.05, 4.69) is 19.9 Å². The van der Waals surface area contributed by atoms with Crippen LogP contribution in [0.4, 0.5) is 0 Å². The van der Waals surface area contributed by atoms with Crippen LogP contribution in [0.2, 0.25) is 0 Å². The van der Waals surface area contributed by atoms with Gasteiger partial charge in [-0.1, -0.05) is 6.07 Å². The summed E-state index contributed by atoms with van der Waals surface area (Å²) in [4.78, 5) is 20.7. The summed E-state index contributed by atoms with van der Waals surface area (Å²) in [6.07, 6.45) is 7.95. The van der Waals surface area contributed by atoms with E-state index in [9.17, 15) is 4.79 Å². The number of nitrogens with zero attached hydrogens (tertiary/aromatic N) is 3. The topological polar surface area (TPSA) is 59.8 Å². The minimum absolute atomic E-state index is 0.0497. The molecule has 0 aliphatic carbocycles. The van der Waals surface area contributed by atoms with E-state index in [1.807, 2.05) is 24.4 Å². The normalized spacial score (nSPS) is 17.5. The smallest absolute Gasteiger partial charge is 0.223 e. The van der Waals surface area contributed by atoms with Gasteiger partial charge in [0, 0.05) is 56.1 Å². The summed E-state index contributed by atoms with van der Waals surface area (Å²) in [5, 5.41) is 3.01. The number of fused-ring (bicyclic) bond motifs is 1. The van der Waals surface area contributed by atoms with Crippen LogP contribution in [-0.2, 0) is 24.2 Å². The van der Waals surface area contributed by atoms with Crippen molar-refractivity contribution in [1.29, 1.82) is 0 Å². The highest BCUT2D eigenvalue weighted by Gasteiger charge is 2.24. The Bertz CT molecular complexity index is 579. The summed E-state index contributed by atoms with van der Waals surface area (Å²) >= 11 is 0. The third-order valence-electron chi connectivity index (χ3n) is 3.73. The van der Waals surface area contributed by atoms with Crippen molar-refractivity contribution in [3.05, 3.63) is 48.3 Å². The van der Waals surface area contributed by atoms with Gasteiger partial charge in [0.15, 0.2) is 0 Å². The molecule has 1 aliphatic heterocycles. The van der Waals surface area contributed by atoms with Crippen molar-refractivity contribution in [2.45, 2.75) is 25.8 Å². The highest BCUT2D eigenvalue weighted by atomic mass is 16.1. The first-order valence-electron chi connectivity index (χ1n) is 7.00. The standard InChI is InChI=1S/C15H18N4O/c20-15(18-7-4-13-3-1-2-6-16-13)12-5-9-19-10-8-17-14(19)11-12/h1-3,6,8,10,12H,4-5,7,9,11H2,(H,18,20). The summed E-state index contributed by atoms with van der Waals surface area (Å²) < 4.78 is 2.12. The molecule has 1 N–H and O–H groups in total. The van der Waals surface area contributed by atoms with E-state index in [0.29, 0.717) is 6.54 Å². The fraction of sp³-hybridized carbons (Fsp3) is 0.400. The quantitative estimate of drug-likeness (QED) is 0.908. The van der Waals surface area contributed by atoms with E-state index in [-0.39, 0.29) is 11.8 Å². The first kappa shape index (κ1) is 12.8. The van der Waals surface area contributed by atoms with Crippen molar-refractivity contribution in [2.24, 2.45) is 5.92 Å². The van der Waals surface area contributed by atoms with Gasteiger partial charge in [0.05, 0.1) is 0 Å². The Labute approximate surface area is 118 Å². The molecule has 5 heteroatoms. The van der Waals surface area contributed by atoms with Gasteiger partial charge in [0.2, 0.25) is 5.91 Å².